The highest BCUT2D eigenvalue weighted by molar-refractivity contribution is 5.37. The van der Waals surface area contributed by atoms with E-state index in [1.165, 1.54) is 5.56 Å². The smallest absolute Gasteiger partial charge is 0.244 e. The van der Waals surface area contributed by atoms with E-state index in [-0.39, 0.29) is 0 Å². The molecule has 2 aromatic rings. The Balaban J connectivity index is 1.81. The van der Waals surface area contributed by atoms with Crippen molar-refractivity contribution in [2.24, 2.45) is 5.92 Å². The number of rotatable bonds is 8. The number of anilines is 2. The van der Waals surface area contributed by atoms with Gasteiger partial charge in [0.05, 0.1) is 13.3 Å². The molecule has 1 aromatic heterocycles. The Labute approximate surface area is 131 Å². The molecule has 0 unspecified atom stereocenters. The molecule has 2 rings (SSSR count). The van der Waals surface area contributed by atoms with Crippen LogP contribution in [0.4, 0.5) is 11.8 Å². The van der Waals surface area contributed by atoms with Gasteiger partial charge in [0, 0.05) is 13.1 Å². The molecule has 1 heterocycles. The molecule has 0 amide bonds. The Morgan fingerprint density at radius 1 is 1.14 bits per heavy atom. The highest BCUT2D eigenvalue weighted by atomic mass is 16.5. The molecule has 6 nitrogen and oxygen atoms in total. The predicted molar refractivity (Wildman–Crippen MR) is 88.3 cm³/mol. The van der Waals surface area contributed by atoms with Crippen molar-refractivity contribution in [3.63, 3.8) is 0 Å². The van der Waals surface area contributed by atoms with E-state index in [4.69, 9.17) is 4.74 Å². The van der Waals surface area contributed by atoms with E-state index < -0.39 is 0 Å². The van der Waals surface area contributed by atoms with Crippen molar-refractivity contribution in [2.75, 3.05) is 30.8 Å². The summed E-state index contributed by atoms with van der Waals surface area (Å²) in [5.74, 6) is 2.70. The largest absolute Gasteiger partial charge is 0.497 e. The van der Waals surface area contributed by atoms with Crippen LogP contribution in [-0.4, -0.2) is 35.4 Å². The van der Waals surface area contributed by atoms with Crippen LogP contribution in [0.3, 0.4) is 0 Å². The minimum atomic E-state index is 0.537. The fraction of sp³-hybridized carbons (Fsp3) is 0.438. The van der Waals surface area contributed by atoms with Crippen molar-refractivity contribution in [2.45, 2.75) is 20.3 Å². The zero-order valence-electron chi connectivity index (χ0n) is 13.3. The average Bonchev–Trinajstić information content (AvgIpc) is 2.54. The minimum Gasteiger partial charge on any atom is -0.497 e. The molecular formula is C16H23N5O. The molecule has 0 aliphatic rings. The lowest BCUT2D eigenvalue weighted by atomic mass is 10.1. The van der Waals surface area contributed by atoms with E-state index in [1.807, 2.05) is 12.1 Å². The maximum absolute atomic E-state index is 5.15. The third-order valence-corrected chi connectivity index (χ3v) is 3.11. The van der Waals surface area contributed by atoms with E-state index in [2.05, 4.69) is 51.8 Å². The lowest BCUT2D eigenvalue weighted by molar-refractivity contribution is 0.414. The monoisotopic (exact) mass is 301 g/mol. The van der Waals surface area contributed by atoms with Crippen molar-refractivity contribution in [3.8, 4) is 5.75 Å². The van der Waals surface area contributed by atoms with Crippen LogP contribution < -0.4 is 15.4 Å². The second-order valence-electron chi connectivity index (χ2n) is 5.46. The van der Waals surface area contributed by atoms with Crippen LogP contribution in [-0.2, 0) is 6.42 Å². The predicted octanol–water partition coefficient (Wildman–Crippen LogP) is 2.60. The number of nitrogens with one attached hydrogen (secondary N) is 2. The number of nitrogens with zero attached hydrogens (tertiary/aromatic N) is 3. The highest BCUT2D eigenvalue weighted by Gasteiger charge is 2.01. The first-order valence-electron chi connectivity index (χ1n) is 7.48. The number of hydrogen-bond acceptors (Lipinski definition) is 6. The van der Waals surface area contributed by atoms with Gasteiger partial charge in [0.1, 0.15) is 5.75 Å². The molecule has 118 valence electrons. The summed E-state index contributed by atoms with van der Waals surface area (Å²) in [7, 11) is 1.67. The number of benzene rings is 1. The summed E-state index contributed by atoms with van der Waals surface area (Å²) in [5, 5.41) is 14.4. The molecular weight excluding hydrogens is 278 g/mol. The molecule has 1 aromatic carbocycles. The molecule has 0 aliphatic carbocycles. The van der Waals surface area contributed by atoms with Gasteiger partial charge >= 0.3 is 0 Å². The van der Waals surface area contributed by atoms with Crippen molar-refractivity contribution >= 4 is 11.8 Å². The molecule has 0 aliphatic heterocycles. The van der Waals surface area contributed by atoms with Gasteiger partial charge in [0.15, 0.2) is 5.82 Å². The molecule has 0 spiro atoms. The zero-order chi connectivity index (χ0) is 15.8. The van der Waals surface area contributed by atoms with Gasteiger partial charge in [-0.25, -0.2) is 0 Å². The Morgan fingerprint density at radius 2 is 1.91 bits per heavy atom. The van der Waals surface area contributed by atoms with E-state index >= 15 is 0 Å². The van der Waals surface area contributed by atoms with Gasteiger partial charge < -0.3 is 15.4 Å². The third-order valence-electron chi connectivity index (χ3n) is 3.11. The lowest BCUT2D eigenvalue weighted by Gasteiger charge is -2.09. The van der Waals surface area contributed by atoms with Crippen LogP contribution >= 0.6 is 0 Å². The van der Waals surface area contributed by atoms with Gasteiger partial charge in [-0.05, 0) is 30.0 Å². The molecule has 0 radical (unpaired) electrons. The SMILES string of the molecule is COc1ccc(CCNc2cnnc(NCC(C)C)n2)cc1. The fourth-order valence-corrected chi connectivity index (χ4v) is 1.89. The van der Waals surface area contributed by atoms with E-state index in [1.54, 1.807) is 13.3 Å². The number of hydrogen-bond donors (Lipinski definition) is 2. The Hall–Kier alpha value is -2.37. The third kappa shape index (κ3) is 5.20. The maximum Gasteiger partial charge on any atom is 0.244 e. The second-order valence-corrected chi connectivity index (χ2v) is 5.46. The Morgan fingerprint density at radius 3 is 2.59 bits per heavy atom. The molecule has 0 atom stereocenters. The van der Waals surface area contributed by atoms with Crippen LogP contribution in [0.5, 0.6) is 5.75 Å². The number of ether oxygens (including phenoxy) is 1. The number of aromatic nitrogens is 3. The summed E-state index contributed by atoms with van der Waals surface area (Å²) in [6.45, 7) is 5.89. The standard InChI is InChI=1S/C16H23N5O/c1-12(2)10-18-16-20-15(11-19-21-16)17-9-8-13-4-6-14(22-3)7-5-13/h4-7,11-12H,8-10H2,1-3H3,(H2,17,18,20,21). The Kier molecular flexibility index (Phi) is 5.94. The van der Waals surface area contributed by atoms with Crippen LogP contribution in [0.2, 0.25) is 0 Å². The molecule has 0 saturated carbocycles. The first-order chi connectivity index (χ1) is 10.7. The summed E-state index contributed by atoms with van der Waals surface area (Å²) < 4.78 is 5.15. The van der Waals surface area contributed by atoms with Crippen LogP contribution in [0.25, 0.3) is 0 Å². The van der Waals surface area contributed by atoms with Gasteiger partial charge in [-0.2, -0.15) is 10.1 Å². The van der Waals surface area contributed by atoms with E-state index in [0.717, 1.165) is 31.1 Å². The minimum absolute atomic E-state index is 0.537. The summed E-state index contributed by atoms with van der Waals surface area (Å²) in [4.78, 5) is 4.39. The molecule has 22 heavy (non-hydrogen) atoms. The van der Waals surface area contributed by atoms with Gasteiger partial charge in [0.25, 0.3) is 0 Å². The number of methoxy groups -OCH3 is 1. The van der Waals surface area contributed by atoms with Crippen LogP contribution in [0, 0.1) is 5.92 Å². The second kappa shape index (κ2) is 8.17. The molecule has 0 saturated heterocycles. The Bertz CT molecular complexity index is 571. The average molecular weight is 301 g/mol. The van der Waals surface area contributed by atoms with Crippen molar-refractivity contribution < 1.29 is 4.74 Å². The van der Waals surface area contributed by atoms with Crippen LogP contribution in [0.1, 0.15) is 19.4 Å². The zero-order valence-corrected chi connectivity index (χ0v) is 13.3. The van der Waals surface area contributed by atoms with Gasteiger partial charge in [0.2, 0.25) is 5.95 Å². The van der Waals surface area contributed by atoms with E-state index in [0.29, 0.717) is 11.9 Å². The van der Waals surface area contributed by atoms with Crippen molar-refractivity contribution in [3.05, 3.63) is 36.0 Å². The van der Waals surface area contributed by atoms with Gasteiger partial charge in [-0.15, -0.1) is 5.10 Å². The molecule has 0 bridgehead atoms. The summed E-state index contributed by atoms with van der Waals surface area (Å²) in [6, 6.07) is 8.06. The first-order valence-corrected chi connectivity index (χ1v) is 7.48. The maximum atomic E-state index is 5.15. The normalized spacial score (nSPS) is 10.5. The molecule has 6 heteroatoms. The van der Waals surface area contributed by atoms with Crippen LogP contribution in [0.15, 0.2) is 30.5 Å². The van der Waals surface area contributed by atoms with E-state index in [9.17, 15) is 0 Å². The highest BCUT2D eigenvalue weighted by Crippen LogP contribution is 2.12. The topological polar surface area (TPSA) is 72.0 Å². The van der Waals surface area contributed by atoms with Gasteiger partial charge in [-0.3, -0.25) is 0 Å². The summed E-state index contributed by atoms with van der Waals surface area (Å²) in [6.07, 6.45) is 2.54. The first kappa shape index (κ1) is 16.0. The van der Waals surface area contributed by atoms with Crippen molar-refractivity contribution in [1.29, 1.82) is 0 Å². The molecule has 2 N–H and O–H groups in total. The fourth-order valence-electron chi connectivity index (χ4n) is 1.89. The lowest BCUT2D eigenvalue weighted by Crippen LogP contribution is -2.13. The summed E-state index contributed by atoms with van der Waals surface area (Å²) >= 11 is 0. The quantitative estimate of drug-likeness (QED) is 0.781. The molecule has 0 fully saturated rings. The van der Waals surface area contributed by atoms with Gasteiger partial charge in [-0.1, -0.05) is 26.0 Å². The summed E-state index contributed by atoms with van der Waals surface area (Å²) in [5.41, 5.74) is 1.24. The van der Waals surface area contributed by atoms with Crippen molar-refractivity contribution in [1.82, 2.24) is 15.2 Å².